The summed E-state index contributed by atoms with van der Waals surface area (Å²) in [6.07, 6.45) is 0. The van der Waals surface area contributed by atoms with Crippen molar-refractivity contribution in [2.75, 3.05) is 11.4 Å². The van der Waals surface area contributed by atoms with Crippen molar-refractivity contribution in [3.05, 3.63) is 94.0 Å². The Labute approximate surface area is 191 Å². The molecule has 0 spiro atoms. The van der Waals surface area contributed by atoms with E-state index in [0.717, 1.165) is 16.7 Å². The van der Waals surface area contributed by atoms with Crippen LogP contribution in [0.5, 0.6) is 0 Å². The zero-order valence-corrected chi connectivity index (χ0v) is 20.2. The first-order valence-corrected chi connectivity index (χ1v) is 12.0. The third kappa shape index (κ3) is 4.86. The Morgan fingerprint density at radius 2 is 1.50 bits per heavy atom. The van der Waals surface area contributed by atoms with E-state index < -0.39 is 10.0 Å². The molecule has 6 heteroatoms. The molecule has 0 aromatic heterocycles. The fourth-order valence-electron chi connectivity index (χ4n) is 3.66. The predicted octanol–water partition coefficient (Wildman–Crippen LogP) is 5.24. The number of aryl methyl sites for hydroxylation is 4. The van der Waals surface area contributed by atoms with Gasteiger partial charge in [0.1, 0.15) is 0 Å². The van der Waals surface area contributed by atoms with Crippen LogP contribution in [0.25, 0.3) is 0 Å². The molecule has 5 nitrogen and oxygen atoms in total. The number of nitrogens with one attached hydrogen (secondary N) is 1. The van der Waals surface area contributed by atoms with Crippen molar-refractivity contribution < 1.29 is 13.2 Å². The number of amides is 1. The van der Waals surface area contributed by atoms with Crippen LogP contribution in [0, 0.1) is 27.7 Å². The lowest BCUT2D eigenvalue weighted by atomic mass is 9.96. The van der Waals surface area contributed by atoms with Crippen LogP contribution in [0.1, 0.15) is 51.1 Å². The third-order valence-electron chi connectivity index (χ3n) is 5.85. The lowest BCUT2D eigenvalue weighted by Crippen LogP contribution is -2.29. The molecule has 0 aliphatic heterocycles. The molecular weight excluding hydrogens is 420 g/mol. The molecule has 3 rings (SSSR count). The van der Waals surface area contributed by atoms with Gasteiger partial charge in [-0.25, -0.2) is 8.42 Å². The van der Waals surface area contributed by atoms with Gasteiger partial charge in [-0.05, 0) is 87.2 Å². The minimum Gasteiger partial charge on any atom is -0.346 e. The zero-order chi connectivity index (χ0) is 23.6. The summed E-state index contributed by atoms with van der Waals surface area (Å²) in [5.41, 5.74) is 6.40. The van der Waals surface area contributed by atoms with Crippen LogP contribution in [0.15, 0.2) is 65.6 Å². The Balaban J connectivity index is 1.83. The molecule has 3 aromatic carbocycles. The molecule has 0 fully saturated rings. The monoisotopic (exact) mass is 450 g/mol. The summed E-state index contributed by atoms with van der Waals surface area (Å²) in [6, 6.07) is 17.4. The second-order valence-corrected chi connectivity index (χ2v) is 10.3. The molecule has 0 saturated heterocycles. The summed E-state index contributed by atoms with van der Waals surface area (Å²) in [5, 5.41) is 3.04. The molecular formula is C26H30N2O3S. The highest BCUT2D eigenvalue weighted by atomic mass is 32.2. The van der Waals surface area contributed by atoms with Crippen LogP contribution in [-0.2, 0) is 10.0 Å². The van der Waals surface area contributed by atoms with E-state index in [1.807, 2.05) is 20.8 Å². The van der Waals surface area contributed by atoms with Crippen molar-refractivity contribution in [3.8, 4) is 0 Å². The Bertz CT molecular complexity index is 1250. The van der Waals surface area contributed by atoms with Gasteiger partial charge >= 0.3 is 0 Å². The lowest BCUT2D eigenvalue weighted by molar-refractivity contribution is 0.0940. The summed E-state index contributed by atoms with van der Waals surface area (Å²) in [5.74, 6) is -0.252. The van der Waals surface area contributed by atoms with Gasteiger partial charge in [0.25, 0.3) is 15.9 Å². The van der Waals surface area contributed by atoms with Gasteiger partial charge in [-0.1, -0.05) is 35.9 Å². The molecule has 0 heterocycles. The SMILES string of the molecule is Cc1ccc(S(=O)(=O)N(C)c2cccc(C(=O)NC(C)c3cc(C)c(C)cc3C)c2)cc1. The van der Waals surface area contributed by atoms with Crippen molar-refractivity contribution in [3.63, 3.8) is 0 Å². The van der Waals surface area contributed by atoms with Crippen molar-refractivity contribution >= 4 is 21.6 Å². The minimum atomic E-state index is -3.73. The van der Waals surface area contributed by atoms with Crippen LogP contribution >= 0.6 is 0 Å². The summed E-state index contributed by atoms with van der Waals surface area (Å²) in [6.45, 7) is 10.0. The number of rotatable bonds is 6. The minimum absolute atomic E-state index is 0.181. The number of sulfonamides is 1. The Kier molecular flexibility index (Phi) is 6.74. The topological polar surface area (TPSA) is 66.5 Å². The highest BCUT2D eigenvalue weighted by Gasteiger charge is 2.22. The third-order valence-corrected chi connectivity index (χ3v) is 7.65. The fourth-order valence-corrected chi connectivity index (χ4v) is 4.84. The first-order chi connectivity index (χ1) is 15.0. The first kappa shape index (κ1) is 23.5. The Morgan fingerprint density at radius 1 is 0.875 bits per heavy atom. The van der Waals surface area contributed by atoms with E-state index in [-0.39, 0.29) is 16.8 Å². The molecule has 1 unspecified atom stereocenters. The van der Waals surface area contributed by atoms with Gasteiger partial charge in [0.2, 0.25) is 0 Å². The molecule has 1 N–H and O–H groups in total. The molecule has 168 valence electrons. The van der Waals surface area contributed by atoms with Crippen LogP contribution in [0.4, 0.5) is 5.69 Å². The van der Waals surface area contributed by atoms with Gasteiger partial charge < -0.3 is 5.32 Å². The number of benzene rings is 3. The molecule has 1 atom stereocenters. The maximum atomic E-state index is 13.0. The predicted molar refractivity (Wildman–Crippen MR) is 130 cm³/mol. The summed E-state index contributed by atoms with van der Waals surface area (Å²) in [4.78, 5) is 13.2. The van der Waals surface area contributed by atoms with E-state index in [1.165, 1.54) is 22.5 Å². The van der Waals surface area contributed by atoms with Crippen molar-refractivity contribution in [1.82, 2.24) is 5.32 Å². The molecule has 0 aliphatic rings. The van der Waals surface area contributed by atoms with E-state index in [9.17, 15) is 13.2 Å². The van der Waals surface area contributed by atoms with Crippen molar-refractivity contribution in [2.45, 2.75) is 45.6 Å². The maximum Gasteiger partial charge on any atom is 0.264 e. The molecule has 0 saturated carbocycles. The molecule has 3 aromatic rings. The van der Waals surface area contributed by atoms with E-state index >= 15 is 0 Å². The molecule has 0 bridgehead atoms. The second kappa shape index (κ2) is 9.17. The van der Waals surface area contributed by atoms with Crippen LogP contribution in [-0.4, -0.2) is 21.4 Å². The molecule has 0 radical (unpaired) electrons. The van der Waals surface area contributed by atoms with Gasteiger partial charge in [-0.3, -0.25) is 9.10 Å². The second-order valence-electron chi connectivity index (χ2n) is 8.32. The van der Waals surface area contributed by atoms with Gasteiger partial charge in [-0.2, -0.15) is 0 Å². The number of hydrogen-bond donors (Lipinski definition) is 1. The van der Waals surface area contributed by atoms with E-state index in [2.05, 4.69) is 31.3 Å². The summed E-state index contributed by atoms with van der Waals surface area (Å²) in [7, 11) is -2.24. The van der Waals surface area contributed by atoms with Crippen LogP contribution in [0.2, 0.25) is 0 Å². The first-order valence-electron chi connectivity index (χ1n) is 10.5. The van der Waals surface area contributed by atoms with Gasteiger partial charge in [-0.15, -0.1) is 0 Å². The molecule has 0 aliphatic carbocycles. The number of hydrogen-bond acceptors (Lipinski definition) is 3. The number of nitrogens with zero attached hydrogens (tertiary/aromatic N) is 1. The van der Waals surface area contributed by atoms with Crippen molar-refractivity contribution in [1.29, 1.82) is 0 Å². The normalized spacial score (nSPS) is 12.3. The highest BCUT2D eigenvalue weighted by molar-refractivity contribution is 7.92. The van der Waals surface area contributed by atoms with Crippen LogP contribution in [0.3, 0.4) is 0 Å². The summed E-state index contributed by atoms with van der Waals surface area (Å²) >= 11 is 0. The molecule has 32 heavy (non-hydrogen) atoms. The standard InChI is InChI=1S/C26H30N2O3S/c1-17-10-12-24(13-11-17)32(30,31)28(6)23-9-7-8-22(16-23)26(29)27-21(5)25-15-19(3)18(2)14-20(25)4/h7-16,21H,1-6H3,(H,27,29). The van der Waals surface area contributed by atoms with Gasteiger partial charge in [0.15, 0.2) is 0 Å². The number of carbonyl (C=O) groups is 1. The van der Waals surface area contributed by atoms with E-state index in [4.69, 9.17) is 0 Å². The van der Waals surface area contributed by atoms with E-state index in [1.54, 1.807) is 48.5 Å². The quantitative estimate of drug-likeness (QED) is 0.559. The van der Waals surface area contributed by atoms with E-state index in [0.29, 0.717) is 11.3 Å². The average Bonchev–Trinajstić information content (AvgIpc) is 2.76. The average molecular weight is 451 g/mol. The summed E-state index contributed by atoms with van der Waals surface area (Å²) < 4.78 is 27.2. The van der Waals surface area contributed by atoms with Crippen LogP contribution < -0.4 is 9.62 Å². The fraction of sp³-hybridized carbons (Fsp3) is 0.269. The van der Waals surface area contributed by atoms with Gasteiger partial charge in [0, 0.05) is 12.6 Å². The smallest absolute Gasteiger partial charge is 0.264 e. The Morgan fingerprint density at radius 3 is 2.16 bits per heavy atom. The largest absolute Gasteiger partial charge is 0.346 e. The van der Waals surface area contributed by atoms with Crippen molar-refractivity contribution in [2.24, 2.45) is 0 Å². The lowest BCUT2D eigenvalue weighted by Gasteiger charge is -2.21. The zero-order valence-electron chi connectivity index (χ0n) is 19.4. The molecule has 1 amide bonds. The van der Waals surface area contributed by atoms with Gasteiger partial charge in [0.05, 0.1) is 16.6 Å². The Hall–Kier alpha value is -3.12. The number of carbonyl (C=O) groups excluding carboxylic acids is 1. The maximum absolute atomic E-state index is 13.0. The highest BCUT2D eigenvalue weighted by Crippen LogP contribution is 2.25. The number of anilines is 1.